The zero-order valence-corrected chi connectivity index (χ0v) is 13.8. The van der Waals surface area contributed by atoms with Gasteiger partial charge in [-0.2, -0.15) is 0 Å². The second-order valence-electron chi connectivity index (χ2n) is 5.24. The number of rotatable bonds is 7. The second kappa shape index (κ2) is 8.39. The molecule has 2 aromatic rings. The number of halogens is 2. The van der Waals surface area contributed by atoms with E-state index >= 15 is 0 Å². The Morgan fingerprint density at radius 3 is 2.72 bits per heavy atom. The molecule has 0 bridgehead atoms. The molecule has 1 aromatic heterocycles. The van der Waals surface area contributed by atoms with E-state index in [0.717, 1.165) is 18.2 Å². The summed E-state index contributed by atoms with van der Waals surface area (Å²) in [6.07, 6.45) is 2.19. The SMILES string of the molecule is O=C(NCCCCn1cc([N+](=O)[O-])ccc1=O)c1c(F)cccc1Cl. The quantitative estimate of drug-likeness (QED) is 0.462. The van der Waals surface area contributed by atoms with Gasteiger partial charge in [0.15, 0.2) is 0 Å². The van der Waals surface area contributed by atoms with Gasteiger partial charge in [0.2, 0.25) is 0 Å². The minimum atomic E-state index is -0.701. The van der Waals surface area contributed by atoms with Crippen LogP contribution in [0.1, 0.15) is 23.2 Å². The second-order valence-corrected chi connectivity index (χ2v) is 5.64. The summed E-state index contributed by atoms with van der Waals surface area (Å²) in [5.41, 5.74) is -0.714. The molecule has 0 aliphatic rings. The fraction of sp³-hybridized carbons (Fsp3) is 0.250. The first-order valence-electron chi connectivity index (χ1n) is 7.47. The average Bonchev–Trinajstić information content (AvgIpc) is 2.55. The van der Waals surface area contributed by atoms with Crippen LogP contribution in [0.5, 0.6) is 0 Å². The van der Waals surface area contributed by atoms with E-state index in [-0.39, 0.29) is 34.9 Å². The van der Waals surface area contributed by atoms with Gasteiger partial charge in [-0.3, -0.25) is 19.7 Å². The Bertz CT molecular complexity index is 833. The molecule has 1 heterocycles. The molecule has 25 heavy (non-hydrogen) atoms. The summed E-state index contributed by atoms with van der Waals surface area (Å²) in [5, 5.41) is 13.3. The van der Waals surface area contributed by atoms with E-state index in [1.807, 2.05) is 0 Å². The van der Waals surface area contributed by atoms with Gasteiger partial charge in [0, 0.05) is 25.2 Å². The van der Waals surface area contributed by atoms with Crippen molar-refractivity contribution in [3.05, 3.63) is 73.4 Å². The first kappa shape index (κ1) is 18.6. The van der Waals surface area contributed by atoms with E-state index in [4.69, 9.17) is 11.6 Å². The Hall–Kier alpha value is -2.74. The monoisotopic (exact) mass is 367 g/mol. The molecule has 7 nitrogen and oxygen atoms in total. The summed E-state index contributed by atoms with van der Waals surface area (Å²) in [4.78, 5) is 33.7. The maximum atomic E-state index is 13.6. The first-order valence-corrected chi connectivity index (χ1v) is 7.85. The van der Waals surface area contributed by atoms with Crippen molar-refractivity contribution < 1.29 is 14.1 Å². The van der Waals surface area contributed by atoms with Gasteiger partial charge in [-0.15, -0.1) is 0 Å². The largest absolute Gasteiger partial charge is 0.352 e. The van der Waals surface area contributed by atoms with Crippen LogP contribution in [0.2, 0.25) is 5.02 Å². The lowest BCUT2D eigenvalue weighted by Crippen LogP contribution is -2.26. The number of unbranched alkanes of at least 4 members (excludes halogenated alkanes) is 1. The first-order chi connectivity index (χ1) is 11.9. The van der Waals surface area contributed by atoms with E-state index in [0.29, 0.717) is 12.8 Å². The molecule has 0 atom stereocenters. The van der Waals surface area contributed by atoms with Crippen LogP contribution in [-0.4, -0.2) is 21.9 Å². The molecular formula is C16H15ClFN3O4. The van der Waals surface area contributed by atoms with E-state index in [1.165, 1.54) is 22.9 Å². The fourth-order valence-corrected chi connectivity index (χ4v) is 2.46. The van der Waals surface area contributed by atoms with Crippen LogP contribution in [0.25, 0.3) is 0 Å². The van der Waals surface area contributed by atoms with Crippen LogP contribution in [-0.2, 0) is 6.54 Å². The van der Waals surface area contributed by atoms with Crippen molar-refractivity contribution in [2.24, 2.45) is 0 Å². The van der Waals surface area contributed by atoms with Crippen molar-refractivity contribution in [3.63, 3.8) is 0 Å². The Morgan fingerprint density at radius 1 is 1.28 bits per heavy atom. The Labute approximate surface area is 147 Å². The van der Waals surface area contributed by atoms with Gasteiger partial charge < -0.3 is 9.88 Å². The van der Waals surface area contributed by atoms with Gasteiger partial charge in [0.1, 0.15) is 5.82 Å². The zero-order chi connectivity index (χ0) is 18.4. The number of carbonyl (C=O) groups excluding carboxylic acids is 1. The van der Waals surface area contributed by atoms with Gasteiger partial charge in [-0.05, 0) is 25.0 Å². The van der Waals surface area contributed by atoms with Gasteiger partial charge in [0.25, 0.3) is 17.2 Å². The number of nitro groups is 1. The normalized spacial score (nSPS) is 10.5. The molecule has 0 fully saturated rings. The molecule has 0 unspecified atom stereocenters. The summed E-state index contributed by atoms with van der Waals surface area (Å²) in [5.74, 6) is -1.32. The van der Waals surface area contributed by atoms with E-state index in [2.05, 4.69) is 5.32 Å². The van der Waals surface area contributed by atoms with Crippen LogP contribution >= 0.6 is 11.6 Å². The highest BCUT2D eigenvalue weighted by molar-refractivity contribution is 6.33. The maximum absolute atomic E-state index is 13.6. The number of pyridine rings is 1. The third-order valence-corrected chi connectivity index (χ3v) is 3.79. The highest BCUT2D eigenvalue weighted by Crippen LogP contribution is 2.18. The molecule has 0 aliphatic carbocycles. The molecule has 1 aromatic carbocycles. The highest BCUT2D eigenvalue weighted by Gasteiger charge is 2.15. The molecule has 0 saturated heterocycles. The molecular weight excluding hydrogens is 353 g/mol. The van der Waals surface area contributed by atoms with Crippen molar-refractivity contribution in [2.75, 3.05) is 6.54 Å². The van der Waals surface area contributed by atoms with Gasteiger partial charge in [-0.25, -0.2) is 4.39 Å². The van der Waals surface area contributed by atoms with Gasteiger partial charge in [0.05, 0.1) is 21.7 Å². The Kier molecular flexibility index (Phi) is 6.24. The fourth-order valence-electron chi connectivity index (χ4n) is 2.21. The van der Waals surface area contributed by atoms with Crippen LogP contribution in [0, 0.1) is 15.9 Å². The summed E-state index contributed by atoms with van der Waals surface area (Å²) < 4.78 is 14.9. The average molecular weight is 368 g/mol. The standard InChI is InChI=1S/C16H15ClFN3O4/c17-12-4-3-5-13(18)15(12)16(23)19-8-1-2-9-20-10-11(21(24)25)6-7-14(20)22/h3-7,10H,1-2,8-9H2,(H,19,23). The molecule has 1 N–H and O–H groups in total. The Morgan fingerprint density at radius 2 is 2.04 bits per heavy atom. The van der Waals surface area contributed by atoms with Crippen molar-refractivity contribution in [3.8, 4) is 0 Å². The number of aromatic nitrogens is 1. The summed E-state index contributed by atoms with van der Waals surface area (Å²) in [7, 11) is 0. The molecule has 0 aliphatic heterocycles. The number of hydrogen-bond donors (Lipinski definition) is 1. The zero-order valence-electron chi connectivity index (χ0n) is 13.1. The Balaban J connectivity index is 1.84. The molecule has 0 spiro atoms. The summed E-state index contributed by atoms with van der Waals surface area (Å²) >= 11 is 5.81. The minimum Gasteiger partial charge on any atom is -0.352 e. The van der Waals surface area contributed by atoms with E-state index < -0.39 is 16.6 Å². The maximum Gasteiger partial charge on any atom is 0.285 e. The number of benzene rings is 1. The van der Waals surface area contributed by atoms with Crippen molar-refractivity contribution >= 4 is 23.2 Å². The predicted octanol–water partition coefficient (Wildman–Crippen LogP) is 2.76. The molecule has 1 amide bonds. The van der Waals surface area contributed by atoms with E-state index in [9.17, 15) is 24.1 Å². The number of aryl methyl sites for hydroxylation is 1. The highest BCUT2D eigenvalue weighted by atomic mass is 35.5. The lowest BCUT2D eigenvalue weighted by Gasteiger charge is -2.08. The smallest absolute Gasteiger partial charge is 0.285 e. The minimum absolute atomic E-state index is 0.0284. The van der Waals surface area contributed by atoms with Crippen LogP contribution < -0.4 is 10.9 Å². The molecule has 9 heteroatoms. The topological polar surface area (TPSA) is 94.2 Å². The lowest BCUT2D eigenvalue weighted by atomic mass is 10.2. The third-order valence-electron chi connectivity index (χ3n) is 3.48. The number of nitrogens with one attached hydrogen (secondary N) is 1. The van der Waals surface area contributed by atoms with Gasteiger partial charge in [-0.1, -0.05) is 17.7 Å². The summed E-state index contributed by atoms with van der Waals surface area (Å²) in [6, 6.07) is 6.27. The number of hydrogen-bond acceptors (Lipinski definition) is 4. The number of nitrogens with zero attached hydrogens (tertiary/aromatic N) is 2. The molecule has 132 valence electrons. The molecule has 0 radical (unpaired) electrons. The van der Waals surface area contributed by atoms with Crippen LogP contribution in [0.15, 0.2) is 41.3 Å². The predicted molar refractivity (Wildman–Crippen MR) is 90.3 cm³/mol. The van der Waals surface area contributed by atoms with Gasteiger partial charge >= 0.3 is 0 Å². The molecule has 0 saturated carbocycles. The van der Waals surface area contributed by atoms with E-state index in [1.54, 1.807) is 0 Å². The third kappa shape index (κ3) is 4.87. The van der Waals surface area contributed by atoms with Crippen molar-refractivity contribution in [1.82, 2.24) is 9.88 Å². The van der Waals surface area contributed by atoms with Crippen LogP contribution in [0.3, 0.4) is 0 Å². The lowest BCUT2D eigenvalue weighted by molar-refractivity contribution is -0.385. The summed E-state index contributed by atoms with van der Waals surface area (Å²) in [6.45, 7) is 0.532. The van der Waals surface area contributed by atoms with Crippen molar-refractivity contribution in [1.29, 1.82) is 0 Å². The number of carbonyl (C=O) groups is 1. The van der Waals surface area contributed by atoms with Crippen molar-refractivity contribution in [2.45, 2.75) is 19.4 Å². The number of amides is 1. The molecule has 2 rings (SSSR count). The van der Waals surface area contributed by atoms with Crippen LogP contribution in [0.4, 0.5) is 10.1 Å².